The number of rotatable bonds is 4. The summed E-state index contributed by atoms with van der Waals surface area (Å²) in [6, 6.07) is 1.76. The van der Waals surface area contributed by atoms with E-state index in [1.54, 1.807) is 16.9 Å². The Morgan fingerprint density at radius 2 is 2.10 bits per heavy atom. The van der Waals surface area contributed by atoms with E-state index in [0.717, 1.165) is 17.1 Å². The maximum atomic E-state index is 12.0. The first-order chi connectivity index (χ1) is 9.44. The van der Waals surface area contributed by atoms with Crippen LogP contribution in [0, 0.1) is 13.8 Å². The van der Waals surface area contributed by atoms with Crippen molar-refractivity contribution in [3.8, 4) is 0 Å². The largest absolute Gasteiger partial charge is 0.309 e. The molecule has 0 aliphatic carbocycles. The summed E-state index contributed by atoms with van der Waals surface area (Å²) in [5.74, 6) is 1.34. The molecule has 2 heterocycles. The van der Waals surface area contributed by atoms with Gasteiger partial charge in [0.1, 0.15) is 18.2 Å². The molecule has 0 bridgehead atoms. The predicted molar refractivity (Wildman–Crippen MR) is 76.5 cm³/mol. The fourth-order valence-electron chi connectivity index (χ4n) is 1.80. The minimum Gasteiger partial charge on any atom is -0.309 e. The third kappa shape index (κ3) is 3.63. The van der Waals surface area contributed by atoms with Crippen molar-refractivity contribution in [3.05, 3.63) is 35.5 Å². The molecule has 0 fully saturated rings. The highest BCUT2D eigenvalue weighted by Crippen LogP contribution is 2.13. The normalized spacial score (nSPS) is 10.8. The van der Waals surface area contributed by atoms with Gasteiger partial charge in [-0.15, -0.1) is 0 Å². The monoisotopic (exact) mass is 273 g/mol. The first-order valence-corrected chi connectivity index (χ1v) is 6.58. The Morgan fingerprint density at radius 1 is 1.35 bits per heavy atom. The van der Waals surface area contributed by atoms with Gasteiger partial charge in [-0.3, -0.25) is 9.48 Å². The molecule has 0 radical (unpaired) electrons. The van der Waals surface area contributed by atoms with Crippen molar-refractivity contribution in [2.24, 2.45) is 0 Å². The molecule has 2 rings (SSSR count). The zero-order valence-corrected chi connectivity index (χ0v) is 12.2. The first-order valence-electron chi connectivity index (χ1n) is 6.58. The van der Waals surface area contributed by atoms with Crippen molar-refractivity contribution in [1.82, 2.24) is 19.7 Å². The van der Waals surface area contributed by atoms with E-state index in [1.165, 1.54) is 0 Å². The Kier molecular flexibility index (Phi) is 4.12. The SMILES string of the molecule is Cc1cnn(CC(=O)Nc2cc(C)nc(C(C)C)n2)c1. The van der Waals surface area contributed by atoms with Gasteiger partial charge in [-0.05, 0) is 19.4 Å². The second-order valence-electron chi connectivity index (χ2n) is 5.17. The summed E-state index contributed by atoms with van der Waals surface area (Å²) in [6.07, 6.45) is 3.54. The maximum Gasteiger partial charge on any atom is 0.247 e. The van der Waals surface area contributed by atoms with E-state index in [0.29, 0.717) is 5.82 Å². The average molecular weight is 273 g/mol. The molecule has 6 heteroatoms. The summed E-state index contributed by atoms with van der Waals surface area (Å²) in [4.78, 5) is 20.6. The van der Waals surface area contributed by atoms with Gasteiger partial charge in [0, 0.05) is 23.9 Å². The molecule has 0 aromatic carbocycles. The minimum absolute atomic E-state index is 0.152. The van der Waals surface area contributed by atoms with E-state index in [-0.39, 0.29) is 18.4 Å². The van der Waals surface area contributed by atoms with Crippen LogP contribution in [0.4, 0.5) is 5.82 Å². The summed E-state index contributed by atoms with van der Waals surface area (Å²) >= 11 is 0. The highest BCUT2D eigenvalue weighted by Gasteiger charge is 2.09. The summed E-state index contributed by atoms with van der Waals surface area (Å²) in [7, 11) is 0. The zero-order chi connectivity index (χ0) is 14.7. The number of carbonyl (C=O) groups is 1. The van der Waals surface area contributed by atoms with Gasteiger partial charge in [-0.25, -0.2) is 9.97 Å². The molecule has 0 unspecified atom stereocenters. The van der Waals surface area contributed by atoms with Crippen LogP contribution in [0.3, 0.4) is 0 Å². The maximum absolute atomic E-state index is 12.0. The van der Waals surface area contributed by atoms with Crippen molar-refractivity contribution in [3.63, 3.8) is 0 Å². The van der Waals surface area contributed by atoms with Crippen molar-refractivity contribution in [1.29, 1.82) is 0 Å². The minimum atomic E-state index is -0.152. The lowest BCUT2D eigenvalue weighted by Gasteiger charge is -2.09. The fourth-order valence-corrected chi connectivity index (χ4v) is 1.80. The molecular formula is C14H19N5O. The lowest BCUT2D eigenvalue weighted by Crippen LogP contribution is -2.20. The standard InChI is InChI=1S/C14H19N5O/c1-9(2)14-16-11(4)5-12(18-14)17-13(20)8-19-7-10(3)6-15-19/h5-7,9H,8H2,1-4H3,(H,16,17,18,20). The zero-order valence-electron chi connectivity index (χ0n) is 12.2. The van der Waals surface area contributed by atoms with E-state index in [1.807, 2.05) is 33.9 Å². The summed E-state index contributed by atoms with van der Waals surface area (Å²) in [5, 5.41) is 6.87. The average Bonchev–Trinajstić information content (AvgIpc) is 2.73. The molecule has 0 spiro atoms. The first kappa shape index (κ1) is 14.2. The van der Waals surface area contributed by atoms with Crippen molar-refractivity contribution < 1.29 is 4.79 Å². The lowest BCUT2D eigenvalue weighted by molar-refractivity contribution is -0.116. The quantitative estimate of drug-likeness (QED) is 0.925. The number of nitrogens with one attached hydrogen (secondary N) is 1. The lowest BCUT2D eigenvalue weighted by atomic mass is 10.2. The van der Waals surface area contributed by atoms with Crippen molar-refractivity contribution >= 4 is 11.7 Å². The van der Waals surface area contributed by atoms with Gasteiger partial charge in [0.05, 0.1) is 6.20 Å². The van der Waals surface area contributed by atoms with E-state index in [9.17, 15) is 4.79 Å². The molecule has 1 N–H and O–H groups in total. The van der Waals surface area contributed by atoms with Crippen molar-refractivity contribution in [2.75, 3.05) is 5.32 Å². The Hall–Kier alpha value is -2.24. The van der Waals surface area contributed by atoms with Gasteiger partial charge in [-0.1, -0.05) is 13.8 Å². The topological polar surface area (TPSA) is 72.7 Å². The molecule has 2 aromatic heterocycles. The Labute approximate surface area is 118 Å². The Balaban J connectivity index is 2.07. The number of anilines is 1. The van der Waals surface area contributed by atoms with Crippen LogP contribution in [0.25, 0.3) is 0 Å². The van der Waals surface area contributed by atoms with E-state index < -0.39 is 0 Å². The van der Waals surface area contributed by atoms with Crippen LogP contribution < -0.4 is 5.32 Å². The molecule has 0 saturated heterocycles. The van der Waals surface area contributed by atoms with Crippen LogP contribution in [0.1, 0.15) is 36.8 Å². The Bertz CT molecular complexity index is 618. The van der Waals surface area contributed by atoms with Gasteiger partial charge in [0.2, 0.25) is 5.91 Å². The third-order valence-corrected chi connectivity index (χ3v) is 2.72. The smallest absolute Gasteiger partial charge is 0.247 e. The molecule has 106 valence electrons. The van der Waals surface area contributed by atoms with Gasteiger partial charge in [0.15, 0.2) is 0 Å². The number of nitrogens with zero attached hydrogens (tertiary/aromatic N) is 4. The highest BCUT2D eigenvalue weighted by molar-refractivity contribution is 5.89. The van der Waals surface area contributed by atoms with E-state index >= 15 is 0 Å². The second kappa shape index (κ2) is 5.81. The van der Waals surface area contributed by atoms with Gasteiger partial charge < -0.3 is 5.32 Å². The van der Waals surface area contributed by atoms with Crippen LogP contribution in [0.15, 0.2) is 18.5 Å². The molecule has 2 aromatic rings. The van der Waals surface area contributed by atoms with Crippen LogP contribution in [-0.4, -0.2) is 25.7 Å². The number of carbonyl (C=O) groups excluding carboxylic acids is 1. The summed E-state index contributed by atoms with van der Waals surface area (Å²) in [6.45, 7) is 8.04. The molecule has 20 heavy (non-hydrogen) atoms. The highest BCUT2D eigenvalue weighted by atomic mass is 16.2. The molecule has 6 nitrogen and oxygen atoms in total. The van der Waals surface area contributed by atoms with Gasteiger partial charge >= 0.3 is 0 Å². The number of hydrogen-bond donors (Lipinski definition) is 1. The predicted octanol–water partition coefficient (Wildman–Crippen LogP) is 2.05. The number of hydrogen-bond acceptors (Lipinski definition) is 4. The molecule has 0 aliphatic heterocycles. The second-order valence-corrected chi connectivity index (χ2v) is 5.17. The van der Waals surface area contributed by atoms with Crippen LogP contribution in [-0.2, 0) is 11.3 Å². The van der Waals surface area contributed by atoms with Gasteiger partial charge in [-0.2, -0.15) is 5.10 Å². The van der Waals surface area contributed by atoms with Crippen LogP contribution in [0.2, 0.25) is 0 Å². The third-order valence-electron chi connectivity index (χ3n) is 2.72. The summed E-state index contributed by atoms with van der Waals surface area (Å²) in [5.41, 5.74) is 1.87. The number of aryl methyl sites for hydroxylation is 2. The molecule has 0 aliphatic rings. The molecular weight excluding hydrogens is 254 g/mol. The molecule has 0 saturated carbocycles. The van der Waals surface area contributed by atoms with E-state index in [2.05, 4.69) is 20.4 Å². The molecule has 0 atom stereocenters. The van der Waals surface area contributed by atoms with Crippen LogP contribution >= 0.6 is 0 Å². The number of amides is 1. The van der Waals surface area contributed by atoms with E-state index in [4.69, 9.17) is 0 Å². The Morgan fingerprint density at radius 3 is 2.70 bits per heavy atom. The van der Waals surface area contributed by atoms with Gasteiger partial charge in [0.25, 0.3) is 0 Å². The van der Waals surface area contributed by atoms with Crippen molar-refractivity contribution in [2.45, 2.75) is 40.2 Å². The number of aromatic nitrogens is 4. The fraction of sp³-hybridized carbons (Fsp3) is 0.429. The summed E-state index contributed by atoms with van der Waals surface area (Å²) < 4.78 is 1.60. The molecule has 1 amide bonds. The van der Waals surface area contributed by atoms with Crippen LogP contribution in [0.5, 0.6) is 0 Å².